The lowest BCUT2D eigenvalue weighted by Gasteiger charge is -2.37. The summed E-state index contributed by atoms with van der Waals surface area (Å²) in [5.41, 5.74) is 2.03. The predicted molar refractivity (Wildman–Crippen MR) is 97.4 cm³/mol. The van der Waals surface area contributed by atoms with Crippen LogP contribution in [0.3, 0.4) is 0 Å². The van der Waals surface area contributed by atoms with Crippen molar-refractivity contribution in [3.63, 3.8) is 0 Å². The van der Waals surface area contributed by atoms with E-state index in [0.29, 0.717) is 6.54 Å². The summed E-state index contributed by atoms with van der Waals surface area (Å²) in [5, 5.41) is 3.33. The Balaban J connectivity index is 1.76. The lowest BCUT2D eigenvalue weighted by Crippen LogP contribution is -2.56. The van der Waals surface area contributed by atoms with E-state index < -0.39 is 5.60 Å². The summed E-state index contributed by atoms with van der Waals surface area (Å²) in [6.45, 7) is 14.3. The number of hydrogen-bond acceptors (Lipinski definition) is 3. The van der Waals surface area contributed by atoms with Crippen LogP contribution in [0.2, 0.25) is 0 Å². The van der Waals surface area contributed by atoms with Gasteiger partial charge in [-0.3, -0.25) is 4.79 Å². The Bertz CT molecular complexity index is 630. The van der Waals surface area contributed by atoms with Gasteiger partial charge in [0.2, 0.25) is 0 Å². The van der Waals surface area contributed by atoms with E-state index in [4.69, 9.17) is 4.74 Å². The Morgan fingerprint density at radius 1 is 1.21 bits per heavy atom. The molecule has 1 aliphatic heterocycles. The Kier molecular flexibility index (Phi) is 4.17. The topological polar surface area (TPSA) is 38.3 Å². The van der Waals surface area contributed by atoms with Crippen LogP contribution in [0, 0.1) is 5.92 Å². The van der Waals surface area contributed by atoms with E-state index in [0.717, 1.165) is 13.0 Å². The Morgan fingerprint density at radius 2 is 1.83 bits per heavy atom. The highest BCUT2D eigenvalue weighted by Crippen LogP contribution is 2.56. The molecule has 132 valence electrons. The van der Waals surface area contributed by atoms with E-state index in [1.165, 1.54) is 11.1 Å². The van der Waals surface area contributed by atoms with Gasteiger partial charge in [0.15, 0.2) is 5.78 Å². The summed E-state index contributed by atoms with van der Waals surface area (Å²) in [4.78, 5) is 13.1. The number of ether oxygens (including phenoxy) is 1. The molecule has 0 radical (unpaired) electrons. The van der Waals surface area contributed by atoms with Crippen molar-refractivity contribution in [2.24, 2.45) is 5.92 Å². The van der Waals surface area contributed by atoms with Gasteiger partial charge in [0, 0.05) is 24.4 Å². The van der Waals surface area contributed by atoms with Crippen LogP contribution in [0.5, 0.6) is 0 Å². The number of benzene rings is 1. The lowest BCUT2D eigenvalue weighted by molar-refractivity contribution is -0.156. The molecule has 4 atom stereocenters. The second kappa shape index (κ2) is 5.67. The van der Waals surface area contributed by atoms with Crippen molar-refractivity contribution >= 4 is 5.78 Å². The maximum absolute atomic E-state index is 13.1. The molecule has 0 amide bonds. The third-order valence-corrected chi connectivity index (χ3v) is 5.84. The van der Waals surface area contributed by atoms with Crippen molar-refractivity contribution in [1.82, 2.24) is 5.32 Å². The summed E-state index contributed by atoms with van der Waals surface area (Å²) >= 11 is 0. The smallest absolute Gasteiger partial charge is 0.169 e. The van der Waals surface area contributed by atoms with E-state index in [1.807, 2.05) is 13.8 Å². The van der Waals surface area contributed by atoms with Crippen LogP contribution < -0.4 is 5.32 Å². The monoisotopic (exact) mass is 329 g/mol. The van der Waals surface area contributed by atoms with Crippen molar-refractivity contribution in [1.29, 1.82) is 0 Å². The Labute approximate surface area is 146 Å². The number of Topliss-reactive ketones (excluding diaryl/α,β-unsaturated/α-hetero) is 1. The quantitative estimate of drug-likeness (QED) is 0.921. The normalized spacial score (nSPS) is 36.4. The summed E-state index contributed by atoms with van der Waals surface area (Å²) in [6.07, 6.45) is 1.01. The Hall–Kier alpha value is -1.19. The maximum atomic E-state index is 13.1. The van der Waals surface area contributed by atoms with E-state index >= 15 is 0 Å². The van der Waals surface area contributed by atoms with Gasteiger partial charge in [-0.1, -0.05) is 52.0 Å². The molecule has 3 nitrogen and oxygen atoms in total. The second-order valence-electron chi connectivity index (χ2n) is 9.16. The number of morpholine rings is 1. The molecule has 3 heteroatoms. The first kappa shape index (κ1) is 17.6. The first-order chi connectivity index (χ1) is 11.1. The van der Waals surface area contributed by atoms with Crippen LogP contribution in [0.1, 0.15) is 59.1 Å². The van der Waals surface area contributed by atoms with E-state index in [2.05, 4.69) is 57.3 Å². The number of carbonyl (C=O) groups is 1. The molecule has 2 fully saturated rings. The third kappa shape index (κ3) is 3.04. The molecule has 4 unspecified atom stereocenters. The van der Waals surface area contributed by atoms with E-state index in [-0.39, 0.29) is 28.6 Å². The minimum absolute atomic E-state index is 0.0411. The zero-order chi connectivity index (χ0) is 17.8. The maximum Gasteiger partial charge on any atom is 0.169 e. The molecule has 1 aliphatic carbocycles. The highest BCUT2D eigenvalue weighted by atomic mass is 16.5. The van der Waals surface area contributed by atoms with Crippen molar-refractivity contribution in [2.75, 3.05) is 13.1 Å². The summed E-state index contributed by atoms with van der Waals surface area (Å²) in [7, 11) is 0. The molecule has 1 saturated carbocycles. The second-order valence-corrected chi connectivity index (χ2v) is 9.16. The van der Waals surface area contributed by atoms with Gasteiger partial charge in [-0.05, 0) is 36.8 Å². The SMILES string of the molecule is CC1CNCC(C)(C(=O)C2CC2(C)c2ccc(C(C)(C)C)cc2)O1. The van der Waals surface area contributed by atoms with Gasteiger partial charge < -0.3 is 10.1 Å². The first-order valence-electron chi connectivity index (χ1n) is 9.10. The van der Waals surface area contributed by atoms with Gasteiger partial charge >= 0.3 is 0 Å². The molecule has 1 saturated heterocycles. The number of rotatable bonds is 3. The minimum atomic E-state index is -0.689. The van der Waals surface area contributed by atoms with Crippen LogP contribution in [-0.2, 0) is 20.4 Å². The summed E-state index contributed by atoms with van der Waals surface area (Å²) in [6, 6.07) is 8.84. The highest BCUT2D eigenvalue weighted by Gasteiger charge is 2.59. The number of nitrogens with one attached hydrogen (secondary N) is 1. The zero-order valence-corrected chi connectivity index (χ0v) is 15.9. The van der Waals surface area contributed by atoms with Crippen LogP contribution >= 0.6 is 0 Å². The van der Waals surface area contributed by atoms with E-state index in [1.54, 1.807) is 0 Å². The molecule has 1 heterocycles. The average molecular weight is 329 g/mol. The minimum Gasteiger partial charge on any atom is -0.362 e. The molecule has 3 rings (SSSR count). The van der Waals surface area contributed by atoms with Gasteiger partial charge in [0.25, 0.3) is 0 Å². The van der Waals surface area contributed by atoms with Crippen LogP contribution in [0.15, 0.2) is 24.3 Å². The van der Waals surface area contributed by atoms with Crippen molar-refractivity contribution in [3.8, 4) is 0 Å². The summed E-state index contributed by atoms with van der Waals surface area (Å²) in [5.74, 6) is 0.319. The average Bonchev–Trinajstić information content (AvgIpc) is 3.19. The molecule has 1 aromatic carbocycles. The van der Waals surface area contributed by atoms with Crippen molar-refractivity contribution in [2.45, 2.75) is 70.5 Å². The molecule has 0 aromatic heterocycles. The van der Waals surface area contributed by atoms with E-state index in [9.17, 15) is 4.79 Å². The standard InChI is InChI=1S/C21H31NO2/c1-14-12-22-13-21(6,24-14)18(23)17-11-20(17,5)16-9-7-15(8-10-16)19(2,3)4/h7-10,14,17,22H,11-13H2,1-6H3. The van der Waals surface area contributed by atoms with Crippen molar-refractivity contribution < 1.29 is 9.53 Å². The molecular formula is C21H31NO2. The van der Waals surface area contributed by atoms with Gasteiger partial charge in [0.1, 0.15) is 5.60 Å². The van der Waals surface area contributed by atoms with Gasteiger partial charge in [-0.2, -0.15) is 0 Å². The lowest BCUT2D eigenvalue weighted by atomic mass is 9.84. The molecule has 0 bridgehead atoms. The molecular weight excluding hydrogens is 298 g/mol. The highest BCUT2D eigenvalue weighted by molar-refractivity contribution is 5.93. The van der Waals surface area contributed by atoms with Crippen molar-refractivity contribution in [3.05, 3.63) is 35.4 Å². The van der Waals surface area contributed by atoms with Gasteiger partial charge in [0.05, 0.1) is 6.10 Å². The summed E-state index contributed by atoms with van der Waals surface area (Å²) < 4.78 is 6.02. The molecule has 2 aliphatic rings. The van der Waals surface area contributed by atoms with Gasteiger partial charge in [-0.25, -0.2) is 0 Å². The molecule has 1 aromatic rings. The molecule has 1 N–H and O–H groups in total. The van der Waals surface area contributed by atoms with Gasteiger partial charge in [-0.15, -0.1) is 0 Å². The first-order valence-corrected chi connectivity index (χ1v) is 9.10. The molecule has 24 heavy (non-hydrogen) atoms. The number of carbonyl (C=O) groups excluding carboxylic acids is 1. The largest absolute Gasteiger partial charge is 0.362 e. The van der Waals surface area contributed by atoms with Crippen LogP contribution in [0.4, 0.5) is 0 Å². The zero-order valence-electron chi connectivity index (χ0n) is 15.9. The number of hydrogen-bond donors (Lipinski definition) is 1. The fourth-order valence-corrected chi connectivity index (χ4v) is 3.97. The number of ketones is 1. The third-order valence-electron chi connectivity index (χ3n) is 5.84. The van der Waals surface area contributed by atoms with Crippen LogP contribution in [0.25, 0.3) is 0 Å². The van der Waals surface area contributed by atoms with Crippen LogP contribution in [-0.4, -0.2) is 30.6 Å². The Morgan fingerprint density at radius 3 is 2.38 bits per heavy atom. The fraction of sp³-hybridized carbons (Fsp3) is 0.667. The molecule has 0 spiro atoms. The predicted octanol–water partition coefficient (Wildman–Crippen LogP) is 3.60. The fourth-order valence-electron chi connectivity index (χ4n) is 3.97.